The summed E-state index contributed by atoms with van der Waals surface area (Å²) in [7, 11) is 1.57. The van der Waals surface area contributed by atoms with Crippen LogP contribution in [0.4, 0.5) is 23.1 Å². The standard InChI is InChI=1S/C23H23N5O5/c1-3-33-16-10-6-13(7-11-16)24-21(30)17-12-18(29)26-20-19(17)22(31)28-23(27-20)25-14-4-8-15(32-2)9-5-14/h4-11,17H,3,12H2,1-2H3,(H,24,30)(H3,25,26,27,28,29,31). The molecule has 2 heterocycles. The molecule has 0 saturated carbocycles. The van der Waals surface area contributed by atoms with Crippen LogP contribution in [0.25, 0.3) is 0 Å². The van der Waals surface area contributed by atoms with Gasteiger partial charge in [0, 0.05) is 17.8 Å². The van der Waals surface area contributed by atoms with Crippen molar-refractivity contribution < 1.29 is 19.1 Å². The first-order valence-electron chi connectivity index (χ1n) is 10.4. The third-order valence-electron chi connectivity index (χ3n) is 5.05. The molecule has 170 valence electrons. The summed E-state index contributed by atoms with van der Waals surface area (Å²) in [5, 5.41) is 8.32. The predicted molar refractivity (Wildman–Crippen MR) is 123 cm³/mol. The minimum Gasteiger partial charge on any atom is -0.497 e. The average Bonchev–Trinajstić information content (AvgIpc) is 2.80. The van der Waals surface area contributed by atoms with E-state index >= 15 is 0 Å². The summed E-state index contributed by atoms with van der Waals surface area (Å²) < 4.78 is 10.5. The molecule has 4 N–H and O–H groups in total. The number of aromatic amines is 1. The smallest absolute Gasteiger partial charge is 0.258 e. The van der Waals surface area contributed by atoms with Gasteiger partial charge in [0.25, 0.3) is 5.56 Å². The first-order chi connectivity index (χ1) is 16.0. The molecule has 2 amide bonds. The first-order valence-corrected chi connectivity index (χ1v) is 10.4. The molecule has 0 aliphatic carbocycles. The number of amides is 2. The maximum Gasteiger partial charge on any atom is 0.258 e. The molecule has 1 unspecified atom stereocenters. The van der Waals surface area contributed by atoms with Gasteiger partial charge in [0.15, 0.2) is 0 Å². The Morgan fingerprint density at radius 2 is 1.73 bits per heavy atom. The number of nitrogens with one attached hydrogen (secondary N) is 4. The van der Waals surface area contributed by atoms with Crippen molar-refractivity contribution in [1.82, 2.24) is 9.97 Å². The van der Waals surface area contributed by atoms with Crippen LogP contribution in [0, 0.1) is 0 Å². The molecule has 1 aromatic heterocycles. The number of nitrogens with zero attached hydrogens (tertiary/aromatic N) is 1. The lowest BCUT2D eigenvalue weighted by molar-refractivity contribution is -0.123. The Hall–Kier alpha value is -4.34. The molecule has 2 aromatic carbocycles. The molecule has 1 aliphatic rings. The summed E-state index contributed by atoms with van der Waals surface area (Å²) >= 11 is 0. The molecule has 0 saturated heterocycles. The highest BCUT2D eigenvalue weighted by atomic mass is 16.5. The maximum absolute atomic E-state index is 12.9. The molecule has 0 bridgehead atoms. The number of ether oxygens (including phenoxy) is 2. The molecule has 10 heteroatoms. The number of methoxy groups -OCH3 is 1. The van der Waals surface area contributed by atoms with Crippen molar-refractivity contribution in [1.29, 1.82) is 0 Å². The molecule has 1 atom stereocenters. The summed E-state index contributed by atoms with van der Waals surface area (Å²) in [5.74, 6) is -0.306. The number of anilines is 4. The summed E-state index contributed by atoms with van der Waals surface area (Å²) in [6, 6.07) is 13.9. The van der Waals surface area contributed by atoms with E-state index in [4.69, 9.17) is 9.47 Å². The lowest BCUT2D eigenvalue weighted by Crippen LogP contribution is -2.36. The van der Waals surface area contributed by atoms with Crippen LogP contribution < -0.4 is 31.0 Å². The second-order valence-electron chi connectivity index (χ2n) is 7.28. The van der Waals surface area contributed by atoms with E-state index in [9.17, 15) is 14.4 Å². The molecule has 4 rings (SSSR count). The average molecular weight is 449 g/mol. The highest BCUT2D eigenvalue weighted by molar-refractivity contribution is 6.04. The fourth-order valence-corrected chi connectivity index (χ4v) is 3.50. The third-order valence-corrected chi connectivity index (χ3v) is 5.05. The van der Waals surface area contributed by atoms with Gasteiger partial charge in [0.2, 0.25) is 17.8 Å². The van der Waals surface area contributed by atoms with Crippen molar-refractivity contribution >= 4 is 35.0 Å². The minimum absolute atomic E-state index is 0.0536. The Balaban J connectivity index is 1.56. The van der Waals surface area contributed by atoms with E-state index in [1.165, 1.54) is 0 Å². The number of benzene rings is 2. The van der Waals surface area contributed by atoms with Crippen LogP contribution in [0.1, 0.15) is 24.8 Å². The summed E-state index contributed by atoms with van der Waals surface area (Å²) in [6.45, 7) is 2.41. The Bertz CT molecular complexity index is 1220. The van der Waals surface area contributed by atoms with E-state index in [0.717, 1.165) is 0 Å². The van der Waals surface area contributed by atoms with E-state index < -0.39 is 23.3 Å². The lowest BCUT2D eigenvalue weighted by atomic mass is 9.92. The van der Waals surface area contributed by atoms with Gasteiger partial charge < -0.3 is 25.4 Å². The largest absolute Gasteiger partial charge is 0.497 e. The van der Waals surface area contributed by atoms with Crippen molar-refractivity contribution in [2.24, 2.45) is 0 Å². The Morgan fingerprint density at radius 3 is 2.39 bits per heavy atom. The van der Waals surface area contributed by atoms with E-state index in [-0.39, 0.29) is 23.8 Å². The second kappa shape index (κ2) is 9.43. The number of H-pyrrole nitrogens is 1. The highest BCUT2D eigenvalue weighted by Gasteiger charge is 2.34. The highest BCUT2D eigenvalue weighted by Crippen LogP contribution is 2.30. The molecule has 3 aromatic rings. The number of carbonyl (C=O) groups excluding carboxylic acids is 2. The topological polar surface area (TPSA) is 134 Å². The third kappa shape index (κ3) is 4.95. The van der Waals surface area contributed by atoms with Gasteiger partial charge in [-0.1, -0.05) is 0 Å². The van der Waals surface area contributed by atoms with Crippen LogP contribution in [0.15, 0.2) is 53.3 Å². The van der Waals surface area contributed by atoms with E-state index in [1.54, 1.807) is 55.6 Å². The fraction of sp³-hybridized carbons (Fsp3) is 0.217. The number of carbonyl (C=O) groups is 2. The van der Waals surface area contributed by atoms with Crippen LogP contribution in [-0.2, 0) is 9.59 Å². The molecule has 0 fully saturated rings. The van der Waals surface area contributed by atoms with Crippen molar-refractivity contribution in [3.8, 4) is 11.5 Å². The minimum atomic E-state index is -0.980. The molecule has 0 spiro atoms. The van der Waals surface area contributed by atoms with Crippen molar-refractivity contribution in [3.63, 3.8) is 0 Å². The Morgan fingerprint density at radius 1 is 1.06 bits per heavy atom. The van der Waals surface area contributed by atoms with Crippen molar-refractivity contribution in [3.05, 3.63) is 64.4 Å². The normalized spacial score (nSPS) is 14.6. The van der Waals surface area contributed by atoms with Gasteiger partial charge in [0.1, 0.15) is 17.3 Å². The molecule has 33 heavy (non-hydrogen) atoms. The van der Waals surface area contributed by atoms with Gasteiger partial charge in [-0.25, -0.2) is 0 Å². The fourth-order valence-electron chi connectivity index (χ4n) is 3.50. The number of hydrogen-bond donors (Lipinski definition) is 4. The number of fused-ring (bicyclic) bond motifs is 1. The lowest BCUT2D eigenvalue weighted by Gasteiger charge is -2.23. The summed E-state index contributed by atoms with van der Waals surface area (Å²) in [5.41, 5.74) is 0.783. The van der Waals surface area contributed by atoms with Gasteiger partial charge in [-0.2, -0.15) is 4.98 Å². The summed E-state index contributed by atoms with van der Waals surface area (Å²) in [4.78, 5) is 45.0. The molecular weight excluding hydrogens is 426 g/mol. The monoisotopic (exact) mass is 449 g/mol. The van der Waals surface area contributed by atoms with Crippen molar-refractivity contribution in [2.75, 3.05) is 29.7 Å². The zero-order valence-corrected chi connectivity index (χ0v) is 18.1. The van der Waals surface area contributed by atoms with E-state index in [0.29, 0.717) is 29.5 Å². The zero-order valence-electron chi connectivity index (χ0n) is 18.1. The molecule has 10 nitrogen and oxygen atoms in total. The van der Waals surface area contributed by atoms with Gasteiger partial charge in [-0.15, -0.1) is 0 Å². The van der Waals surface area contributed by atoms with Gasteiger partial charge >= 0.3 is 0 Å². The van der Waals surface area contributed by atoms with Gasteiger partial charge in [-0.05, 0) is 55.5 Å². The Labute approximate surface area is 189 Å². The molecule has 0 radical (unpaired) electrons. The van der Waals surface area contributed by atoms with Gasteiger partial charge in [-0.3, -0.25) is 19.4 Å². The maximum atomic E-state index is 12.9. The van der Waals surface area contributed by atoms with Crippen LogP contribution >= 0.6 is 0 Å². The SMILES string of the molecule is CCOc1ccc(NC(=O)C2CC(=O)Nc3nc(Nc4ccc(OC)cc4)[nH]c(=O)c32)cc1. The van der Waals surface area contributed by atoms with Crippen LogP contribution in [0.2, 0.25) is 0 Å². The van der Waals surface area contributed by atoms with Crippen molar-refractivity contribution in [2.45, 2.75) is 19.3 Å². The first kappa shape index (κ1) is 21.9. The molecular formula is C23H23N5O5. The second-order valence-corrected chi connectivity index (χ2v) is 7.28. The van der Waals surface area contributed by atoms with Crippen LogP contribution in [-0.4, -0.2) is 35.5 Å². The van der Waals surface area contributed by atoms with E-state index in [1.807, 2.05) is 6.92 Å². The van der Waals surface area contributed by atoms with Gasteiger partial charge in [0.05, 0.1) is 25.2 Å². The van der Waals surface area contributed by atoms with E-state index in [2.05, 4.69) is 25.9 Å². The number of hydrogen-bond acceptors (Lipinski definition) is 7. The quantitative estimate of drug-likeness (QED) is 0.436. The van der Waals surface area contributed by atoms with Crippen LogP contribution in [0.3, 0.4) is 0 Å². The van der Waals surface area contributed by atoms with Crippen LogP contribution in [0.5, 0.6) is 11.5 Å². The molecule has 1 aliphatic heterocycles. The summed E-state index contributed by atoms with van der Waals surface area (Å²) in [6.07, 6.45) is -0.161. The Kier molecular flexibility index (Phi) is 6.25. The number of rotatable bonds is 7. The zero-order chi connectivity index (χ0) is 23.4. The predicted octanol–water partition coefficient (Wildman–Crippen LogP) is 2.99. The number of aromatic nitrogens is 2.